The van der Waals surface area contributed by atoms with Gasteiger partial charge in [-0.1, -0.05) is 0 Å². The van der Waals surface area contributed by atoms with E-state index in [0.717, 1.165) is 11.3 Å². The van der Waals surface area contributed by atoms with Crippen LogP contribution in [0.1, 0.15) is 64.6 Å². The van der Waals surface area contributed by atoms with Crippen LogP contribution in [0.2, 0.25) is 0 Å². The van der Waals surface area contributed by atoms with Gasteiger partial charge in [0, 0.05) is 12.8 Å². The molecule has 0 radical (unpaired) electrons. The number of methoxy groups -OCH3 is 1. The smallest absolute Gasteiger partial charge is 0.355 e. The fourth-order valence-corrected chi connectivity index (χ4v) is 4.27. The second-order valence-corrected chi connectivity index (χ2v) is 8.24. The third-order valence-corrected chi connectivity index (χ3v) is 6.03. The fourth-order valence-electron chi connectivity index (χ4n) is 3.20. The molecule has 2 rings (SSSR count). The first-order valence-corrected chi connectivity index (χ1v) is 11.3. The molecule has 2 amide bonds. The van der Waals surface area contributed by atoms with E-state index in [0.29, 0.717) is 11.3 Å². The number of aryl methyl sites for hydroxylation is 1. The largest absolute Gasteiger partial charge is 0.462 e. The number of H-pyrrole nitrogens is 1. The Balaban J connectivity index is 2.14. The number of aromatic nitrogens is 1. The molecule has 35 heavy (non-hydrogen) atoms. The zero-order valence-corrected chi connectivity index (χ0v) is 20.8. The summed E-state index contributed by atoms with van der Waals surface area (Å²) in [7, 11) is 1.44. The lowest BCUT2D eigenvalue weighted by Crippen LogP contribution is -2.22. The molecule has 0 fully saturated rings. The SMILES string of the molecule is CCOC(=O)c1c(C)[nH]c(C(=O)OCC(=O)Nc2sc(C(N)=O)c(C)c2C(=O)OCCOC)c1C. The third-order valence-electron chi connectivity index (χ3n) is 4.80. The molecule has 2 heterocycles. The molecule has 190 valence electrons. The van der Waals surface area contributed by atoms with Crippen LogP contribution >= 0.6 is 11.3 Å². The Morgan fingerprint density at radius 1 is 0.914 bits per heavy atom. The molecule has 0 aliphatic rings. The predicted molar refractivity (Wildman–Crippen MR) is 125 cm³/mol. The lowest BCUT2D eigenvalue weighted by atomic mass is 10.1. The zero-order valence-electron chi connectivity index (χ0n) is 20.0. The molecule has 12 nitrogen and oxygen atoms in total. The van der Waals surface area contributed by atoms with Crippen LogP contribution in [0.3, 0.4) is 0 Å². The number of ether oxygens (including phenoxy) is 4. The highest BCUT2D eigenvalue weighted by molar-refractivity contribution is 7.18. The Morgan fingerprint density at radius 2 is 1.57 bits per heavy atom. The normalized spacial score (nSPS) is 10.5. The lowest BCUT2D eigenvalue weighted by Gasteiger charge is -2.08. The van der Waals surface area contributed by atoms with Crippen LogP contribution in [0.4, 0.5) is 5.00 Å². The minimum atomic E-state index is -0.865. The van der Waals surface area contributed by atoms with Gasteiger partial charge in [0.15, 0.2) is 6.61 Å². The number of thiophene rings is 1. The standard InChI is InChI=1S/C22H27N3O9S/c1-6-32-20(28)14-10(2)16(24-12(14)4)22(30)34-9-13(26)25-19-15(21(29)33-8-7-31-5)11(3)17(35-19)18(23)27/h24H,6-9H2,1-5H3,(H2,23,27)(H,25,26). The van der Waals surface area contributed by atoms with E-state index in [9.17, 15) is 24.0 Å². The molecule has 0 unspecified atom stereocenters. The van der Waals surface area contributed by atoms with Gasteiger partial charge >= 0.3 is 17.9 Å². The first kappa shape index (κ1) is 27.5. The average Bonchev–Trinajstić information content (AvgIpc) is 3.27. The zero-order chi connectivity index (χ0) is 26.3. The van der Waals surface area contributed by atoms with Crippen LogP contribution in [0.15, 0.2) is 0 Å². The number of hydrogen-bond donors (Lipinski definition) is 3. The Hall–Kier alpha value is -3.71. The number of nitrogens with two attached hydrogens (primary N) is 1. The molecule has 0 saturated heterocycles. The number of carbonyl (C=O) groups excluding carboxylic acids is 5. The Kier molecular flexibility index (Phi) is 9.54. The molecule has 0 atom stereocenters. The molecule has 0 aliphatic heterocycles. The number of hydrogen-bond acceptors (Lipinski definition) is 10. The summed E-state index contributed by atoms with van der Waals surface area (Å²) in [6.45, 7) is 5.90. The summed E-state index contributed by atoms with van der Waals surface area (Å²) in [4.78, 5) is 64.1. The molecule has 0 aromatic carbocycles. The van der Waals surface area contributed by atoms with Gasteiger partial charge in [0.05, 0.1) is 29.2 Å². The van der Waals surface area contributed by atoms with Gasteiger partial charge in [-0.15, -0.1) is 11.3 Å². The van der Waals surface area contributed by atoms with Crippen LogP contribution in [0.25, 0.3) is 0 Å². The summed E-state index contributed by atoms with van der Waals surface area (Å²) < 4.78 is 20.0. The van der Waals surface area contributed by atoms with E-state index in [2.05, 4.69) is 10.3 Å². The van der Waals surface area contributed by atoms with Crippen molar-refractivity contribution in [1.29, 1.82) is 0 Å². The highest BCUT2D eigenvalue weighted by Gasteiger charge is 2.27. The van der Waals surface area contributed by atoms with Gasteiger partial charge in [-0.05, 0) is 38.8 Å². The highest BCUT2D eigenvalue weighted by Crippen LogP contribution is 2.33. The first-order chi connectivity index (χ1) is 16.5. The monoisotopic (exact) mass is 509 g/mol. The van der Waals surface area contributed by atoms with Crippen molar-refractivity contribution < 1.29 is 42.9 Å². The molecule has 13 heteroatoms. The van der Waals surface area contributed by atoms with Crippen LogP contribution in [0.5, 0.6) is 0 Å². The Morgan fingerprint density at radius 3 is 2.17 bits per heavy atom. The molecule has 0 bridgehead atoms. The molecule has 2 aromatic heterocycles. The molecule has 0 saturated carbocycles. The van der Waals surface area contributed by atoms with Crippen LogP contribution < -0.4 is 11.1 Å². The minimum Gasteiger partial charge on any atom is -0.462 e. The van der Waals surface area contributed by atoms with Crippen molar-refractivity contribution in [2.45, 2.75) is 27.7 Å². The molecule has 4 N–H and O–H groups in total. The fraction of sp³-hybridized carbons (Fsp3) is 0.409. The maximum atomic E-state index is 12.5. The number of amides is 2. The number of nitrogens with one attached hydrogen (secondary N) is 2. The van der Waals surface area contributed by atoms with Gasteiger partial charge in [0.1, 0.15) is 17.3 Å². The summed E-state index contributed by atoms with van der Waals surface area (Å²) in [6.07, 6.45) is 0. The summed E-state index contributed by atoms with van der Waals surface area (Å²) in [5.41, 5.74) is 6.54. The van der Waals surface area contributed by atoms with Crippen molar-refractivity contribution in [3.05, 3.63) is 38.5 Å². The topological polar surface area (TPSA) is 176 Å². The highest BCUT2D eigenvalue weighted by atomic mass is 32.1. The van der Waals surface area contributed by atoms with Gasteiger partial charge in [-0.25, -0.2) is 14.4 Å². The van der Waals surface area contributed by atoms with Gasteiger partial charge in [0.25, 0.3) is 11.8 Å². The van der Waals surface area contributed by atoms with Crippen molar-refractivity contribution in [2.24, 2.45) is 5.73 Å². The van der Waals surface area contributed by atoms with E-state index in [1.54, 1.807) is 20.8 Å². The molecule has 2 aromatic rings. The van der Waals surface area contributed by atoms with Gasteiger partial charge < -0.3 is 35.0 Å². The van der Waals surface area contributed by atoms with E-state index >= 15 is 0 Å². The number of rotatable bonds is 11. The third kappa shape index (κ3) is 6.45. The molecular formula is C22H27N3O9S. The van der Waals surface area contributed by atoms with Crippen LogP contribution in [-0.4, -0.2) is 68.2 Å². The van der Waals surface area contributed by atoms with Gasteiger partial charge in [-0.3, -0.25) is 9.59 Å². The predicted octanol–water partition coefficient (Wildman–Crippen LogP) is 1.88. The summed E-state index contributed by atoms with van der Waals surface area (Å²) in [6, 6.07) is 0. The van der Waals surface area contributed by atoms with E-state index in [1.807, 2.05) is 0 Å². The maximum absolute atomic E-state index is 12.5. The Labute approximate surface area is 205 Å². The minimum absolute atomic E-state index is 0.00347. The summed E-state index contributed by atoms with van der Waals surface area (Å²) >= 11 is 0.800. The molecule has 0 spiro atoms. The van der Waals surface area contributed by atoms with Crippen LogP contribution in [0, 0.1) is 20.8 Å². The molecule has 0 aliphatic carbocycles. The first-order valence-electron chi connectivity index (χ1n) is 10.5. The number of anilines is 1. The number of primary amides is 1. The van der Waals surface area contributed by atoms with Gasteiger partial charge in [-0.2, -0.15) is 0 Å². The van der Waals surface area contributed by atoms with Crippen molar-refractivity contribution >= 4 is 46.1 Å². The van der Waals surface area contributed by atoms with E-state index in [1.165, 1.54) is 14.0 Å². The number of carbonyl (C=O) groups is 5. The lowest BCUT2D eigenvalue weighted by molar-refractivity contribution is -0.119. The summed E-state index contributed by atoms with van der Waals surface area (Å²) in [5.74, 6) is -3.78. The van der Waals surface area contributed by atoms with Crippen molar-refractivity contribution in [1.82, 2.24) is 4.98 Å². The number of esters is 3. The van der Waals surface area contributed by atoms with Crippen LogP contribution in [-0.2, 0) is 23.7 Å². The van der Waals surface area contributed by atoms with E-state index in [-0.39, 0.29) is 52.1 Å². The molecular weight excluding hydrogens is 482 g/mol. The van der Waals surface area contributed by atoms with Crippen molar-refractivity contribution in [3.8, 4) is 0 Å². The van der Waals surface area contributed by atoms with E-state index in [4.69, 9.17) is 24.7 Å². The average molecular weight is 510 g/mol. The van der Waals surface area contributed by atoms with Crippen molar-refractivity contribution in [3.63, 3.8) is 0 Å². The van der Waals surface area contributed by atoms with Crippen molar-refractivity contribution in [2.75, 3.05) is 38.9 Å². The second-order valence-electron chi connectivity index (χ2n) is 7.22. The number of aromatic amines is 1. The second kappa shape index (κ2) is 12.1. The van der Waals surface area contributed by atoms with Gasteiger partial charge in [0.2, 0.25) is 0 Å². The quantitative estimate of drug-likeness (QED) is 0.232. The maximum Gasteiger partial charge on any atom is 0.355 e. The Bertz CT molecular complexity index is 1150. The van der Waals surface area contributed by atoms with E-state index < -0.39 is 36.3 Å². The summed E-state index contributed by atoms with van der Waals surface area (Å²) in [5, 5.41) is 2.47.